The Bertz CT molecular complexity index is 1430. The zero-order valence-corrected chi connectivity index (χ0v) is 20.4. The molecule has 2 heterocycles. The number of rotatable bonds is 6. The van der Waals surface area contributed by atoms with Crippen molar-refractivity contribution in [2.75, 3.05) is 0 Å². The van der Waals surface area contributed by atoms with Crippen LogP contribution in [0.15, 0.2) is 41.5 Å². The zero-order chi connectivity index (χ0) is 28.8. The average molecular weight is 566 g/mol. The van der Waals surface area contributed by atoms with E-state index in [1.807, 2.05) is 0 Å². The predicted molar refractivity (Wildman–Crippen MR) is 120 cm³/mol. The minimum Gasteiger partial charge on any atom is -0.478 e. The highest BCUT2D eigenvalue weighted by molar-refractivity contribution is 6.31. The number of aromatic nitrogens is 3. The molecule has 8 nitrogen and oxygen atoms in total. The van der Waals surface area contributed by atoms with Crippen molar-refractivity contribution in [3.63, 3.8) is 0 Å². The van der Waals surface area contributed by atoms with Crippen LogP contribution in [0, 0.1) is 6.92 Å². The lowest BCUT2D eigenvalue weighted by atomic mass is 9.78. The second-order valence-corrected chi connectivity index (χ2v) is 8.72. The minimum absolute atomic E-state index is 0.0399. The van der Waals surface area contributed by atoms with Crippen LogP contribution in [0.5, 0.6) is 11.8 Å². The highest BCUT2D eigenvalue weighted by atomic mass is 35.5. The highest BCUT2D eigenvalue weighted by Crippen LogP contribution is 2.50. The number of aryl methyl sites for hydroxylation is 2. The second-order valence-electron chi connectivity index (χ2n) is 8.32. The first-order chi connectivity index (χ1) is 17.4. The van der Waals surface area contributed by atoms with Crippen LogP contribution in [0.3, 0.4) is 0 Å². The fraction of sp³-hybridized carbons (Fsp3) is 0.304. The number of carboxylic acid groups (broad SMARTS) is 1. The van der Waals surface area contributed by atoms with Crippen molar-refractivity contribution >= 4 is 17.6 Å². The van der Waals surface area contributed by atoms with Crippen LogP contribution < -0.4 is 10.3 Å². The summed E-state index contributed by atoms with van der Waals surface area (Å²) in [5.74, 6) is -3.93. The van der Waals surface area contributed by atoms with Crippen molar-refractivity contribution in [2.45, 2.75) is 37.7 Å². The fourth-order valence-electron chi connectivity index (χ4n) is 3.79. The molecule has 2 atom stereocenters. The number of alkyl halides is 6. The predicted octanol–water partition coefficient (Wildman–Crippen LogP) is 5.20. The van der Waals surface area contributed by atoms with E-state index in [2.05, 4.69) is 9.97 Å². The fourth-order valence-corrected chi connectivity index (χ4v) is 4.12. The lowest BCUT2D eigenvalue weighted by molar-refractivity contribution is -0.274. The van der Waals surface area contributed by atoms with E-state index in [0.29, 0.717) is 6.20 Å². The Kier molecular flexibility index (Phi) is 7.54. The van der Waals surface area contributed by atoms with Crippen LogP contribution in [-0.4, -0.2) is 36.9 Å². The summed E-state index contributed by atoms with van der Waals surface area (Å²) in [7, 11) is 1.23. The van der Waals surface area contributed by atoms with Gasteiger partial charge in [0.1, 0.15) is 11.3 Å². The number of hydrogen-bond donors (Lipinski definition) is 2. The number of ether oxygens (including phenoxy) is 1. The molecule has 0 saturated carbocycles. The first-order valence-electron chi connectivity index (χ1n) is 10.5. The summed E-state index contributed by atoms with van der Waals surface area (Å²) in [6.07, 6.45) is -9.11. The Morgan fingerprint density at radius 1 is 1.16 bits per heavy atom. The molecule has 0 bridgehead atoms. The summed E-state index contributed by atoms with van der Waals surface area (Å²) in [5.41, 5.74) is -7.89. The van der Waals surface area contributed by atoms with Gasteiger partial charge in [-0.3, -0.25) is 4.79 Å². The molecule has 2 unspecified atom stereocenters. The van der Waals surface area contributed by atoms with Gasteiger partial charge in [-0.25, -0.2) is 9.78 Å². The monoisotopic (exact) mass is 565 g/mol. The molecule has 0 amide bonds. The number of aliphatic hydroxyl groups is 1. The smallest absolute Gasteiger partial charge is 0.434 e. The lowest BCUT2D eigenvalue weighted by Gasteiger charge is -2.37. The molecule has 0 aliphatic heterocycles. The SMILES string of the molecule is Cc1cc(C(O)(C(C)c2ccc(Oc3ncc(C(=O)O)c(C(F)(F)F)n3)cc2Cl)C(F)(F)F)cn(C)c1=O. The van der Waals surface area contributed by atoms with Gasteiger partial charge in [-0.1, -0.05) is 24.6 Å². The van der Waals surface area contributed by atoms with Gasteiger partial charge in [-0.15, -0.1) is 0 Å². The molecule has 0 fully saturated rings. The molecule has 0 saturated heterocycles. The van der Waals surface area contributed by atoms with Gasteiger partial charge in [0.2, 0.25) is 0 Å². The third-order valence-corrected chi connectivity index (χ3v) is 6.10. The van der Waals surface area contributed by atoms with Gasteiger partial charge in [0.15, 0.2) is 11.3 Å². The number of aromatic carboxylic acids is 1. The van der Waals surface area contributed by atoms with Crippen LogP contribution in [0.2, 0.25) is 5.02 Å². The Hall–Kier alpha value is -3.65. The summed E-state index contributed by atoms with van der Waals surface area (Å²) in [4.78, 5) is 29.5. The molecule has 2 aromatic heterocycles. The molecule has 0 aliphatic carbocycles. The molecule has 0 spiro atoms. The molecular weight excluding hydrogens is 548 g/mol. The van der Waals surface area contributed by atoms with E-state index in [0.717, 1.165) is 42.0 Å². The topological polar surface area (TPSA) is 115 Å². The lowest BCUT2D eigenvalue weighted by Crippen LogP contribution is -2.47. The number of pyridine rings is 1. The molecule has 0 aliphatic rings. The maximum atomic E-state index is 14.3. The molecule has 204 valence electrons. The number of halogens is 7. The molecule has 3 aromatic rings. The van der Waals surface area contributed by atoms with Crippen LogP contribution >= 0.6 is 11.6 Å². The maximum absolute atomic E-state index is 14.3. The summed E-state index contributed by atoms with van der Waals surface area (Å²) in [5, 5.41) is 19.6. The van der Waals surface area contributed by atoms with E-state index in [4.69, 9.17) is 21.4 Å². The minimum atomic E-state index is -5.22. The Labute approximate surface area is 215 Å². The van der Waals surface area contributed by atoms with Crippen molar-refractivity contribution in [1.29, 1.82) is 0 Å². The second kappa shape index (κ2) is 9.91. The van der Waals surface area contributed by atoms with Crippen LogP contribution in [0.25, 0.3) is 0 Å². The summed E-state index contributed by atoms with van der Waals surface area (Å²) in [6, 6.07) is 3.12. The molecule has 1 aromatic carbocycles. The molecule has 2 N–H and O–H groups in total. The first kappa shape index (κ1) is 28.9. The van der Waals surface area contributed by atoms with Crippen molar-refractivity contribution < 1.29 is 46.1 Å². The van der Waals surface area contributed by atoms with E-state index in [9.17, 15) is 41.0 Å². The van der Waals surface area contributed by atoms with Crippen molar-refractivity contribution in [3.05, 3.63) is 80.0 Å². The Balaban J connectivity index is 2.02. The Morgan fingerprint density at radius 2 is 1.79 bits per heavy atom. The van der Waals surface area contributed by atoms with Gasteiger partial charge in [-0.2, -0.15) is 31.3 Å². The zero-order valence-electron chi connectivity index (χ0n) is 19.6. The molecule has 38 heavy (non-hydrogen) atoms. The largest absolute Gasteiger partial charge is 0.478 e. The molecular formula is C23H18ClF6N3O5. The van der Waals surface area contributed by atoms with E-state index in [-0.39, 0.29) is 21.9 Å². The summed E-state index contributed by atoms with van der Waals surface area (Å²) < 4.78 is 88.4. The number of carbonyl (C=O) groups is 1. The third kappa shape index (κ3) is 5.31. The number of nitrogens with zero attached hydrogens (tertiary/aromatic N) is 3. The third-order valence-electron chi connectivity index (χ3n) is 5.77. The van der Waals surface area contributed by atoms with E-state index < -0.39 is 58.2 Å². The van der Waals surface area contributed by atoms with Gasteiger partial charge in [0, 0.05) is 41.5 Å². The average Bonchev–Trinajstić information content (AvgIpc) is 2.80. The Morgan fingerprint density at radius 3 is 2.29 bits per heavy atom. The first-order valence-corrected chi connectivity index (χ1v) is 10.9. The number of carboxylic acids is 1. The van der Waals surface area contributed by atoms with E-state index in [1.165, 1.54) is 14.0 Å². The van der Waals surface area contributed by atoms with Gasteiger partial charge >= 0.3 is 24.3 Å². The maximum Gasteiger partial charge on any atom is 0.434 e. The number of hydrogen-bond acceptors (Lipinski definition) is 6. The van der Waals surface area contributed by atoms with Gasteiger partial charge < -0.3 is 19.5 Å². The van der Waals surface area contributed by atoms with Crippen LogP contribution in [0.1, 0.15) is 45.6 Å². The normalized spacial score (nSPS) is 14.6. The van der Waals surface area contributed by atoms with Gasteiger partial charge in [0.25, 0.3) is 5.56 Å². The summed E-state index contributed by atoms with van der Waals surface area (Å²) >= 11 is 6.18. The van der Waals surface area contributed by atoms with E-state index >= 15 is 0 Å². The van der Waals surface area contributed by atoms with Crippen LogP contribution in [0.4, 0.5) is 26.3 Å². The van der Waals surface area contributed by atoms with E-state index in [1.54, 1.807) is 0 Å². The quantitative estimate of drug-likeness (QED) is 0.395. The van der Waals surface area contributed by atoms with Crippen LogP contribution in [-0.2, 0) is 18.8 Å². The van der Waals surface area contributed by atoms with Gasteiger partial charge in [0.05, 0.1) is 0 Å². The summed E-state index contributed by atoms with van der Waals surface area (Å²) in [6.45, 7) is 2.35. The van der Waals surface area contributed by atoms with Crippen molar-refractivity contribution in [2.24, 2.45) is 7.05 Å². The van der Waals surface area contributed by atoms with Gasteiger partial charge in [-0.05, 0) is 30.7 Å². The molecule has 3 rings (SSSR count). The molecule has 0 radical (unpaired) electrons. The number of benzene rings is 1. The molecule has 15 heteroatoms. The van der Waals surface area contributed by atoms with Crippen molar-refractivity contribution in [3.8, 4) is 11.8 Å². The standard InChI is InChI=1S/C23H18ClF6N3O5/c1-10-6-12(9-33(3)18(10)34)21(37,23(28,29)30)11(2)14-5-4-13(7-16(14)24)38-20-31-8-15(19(35)36)17(32-20)22(25,26)27/h4-9,11,37H,1-3H3,(H,35,36). The van der Waals surface area contributed by atoms with Crippen molar-refractivity contribution in [1.82, 2.24) is 14.5 Å². The highest BCUT2D eigenvalue weighted by Gasteiger charge is 2.59.